The number of likely N-dealkylation sites (tertiary alicyclic amines) is 1. The quantitative estimate of drug-likeness (QED) is 0.832. The first kappa shape index (κ1) is 16.4. The van der Waals surface area contributed by atoms with Gasteiger partial charge in [-0.25, -0.2) is 8.42 Å². The van der Waals surface area contributed by atoms with Crippen molar-refractivity contribution in [1.29, 1.82) is 5.26 Å². The molecule has 2 aliphatic heterocycles. The molecule has 2 atom stereocenters. The van der Waals surface area contributed by atoms with Gasteiger partial charge in [-0.1, -0.05) is 0 Å². The maximum Gasteiger partial charge on any atom is 0.243 e. The molecule has 124 valence electrons. The summed E-state index contributed by atoms with van der Waals surface area (Å²) in [5, 5.41) is 8.86. The molecule has 5 nitrogen and oxygen atoms in total. The second-order valence-electron chi connectivity index (χ2n) is 7.43. The third-order valence-corrected chi connectivity index (χ3v) is 6.94. The first-order chi connectivity index (χ1) is 10.7. The summed E-state index contributed by atoms with van der Waals surface area (Å²) in [5.74, 6) is 0. The molecule has 1 aromatic rings. The number of benzene rings is 1. The highest BCUT2D eigenvalue weighted by atomic mass is 32.2. The summed E-state index contributed by atoms with van der Waals surface area (Å²) in [5.41, 5.74) is 0.537. The van der Waals surface area contributed by atoms with Crippen LogP contribution in [-0.2, 0) is 10.0 Å². The van der Waals surface area contributed by atoms with E-state index in [4.69, 9.17) is 5.26 Å². The first-order valence-electron chi connectivity index (χ1n) is 8.02. The summed E-state index contributed by atoms with van der Waals surface area (Å²) < 4.78 is 27.8. The van der Waals surface area contributed by atoms with Crippen molar-refractivity contribution in [2.45, 2.75) is 56.1 Å². The Morgan fingerprint density at radius 2 is 1.61 bits per heavy atom. The zero-order valence-corrected chi connectivity index (χ0v) is 14.7. The molecule has 0 aliphatic carbocycles. The number of fused-ring (bicyclic) bond motifs is 2. The molecular weight excluding hydrogens is 310 g/mol. The van der Waals surface area contributed by atoms with E-state index in [1.807, 2.05) is 6.07 Å². The van der Waals surface area contributed by atoms with E-state index < -0.39 is 10.0 Å². The Labute approximate surface area is 138 Å². The number of hydrogen-bond acceptors (Lipinski definition) is 4. The minimum absolute atomic E-state index is 0.0496. The van der Waals surface area contributed by atoms with Gasteiger partial charge in [-0.15, -0.1) is 0 Å². The van der Waals surface area contributed by atoms with Crippen LogP contribution in [0.5, 0.6) is 0 Å². The minimum Gasteiger partial charge on any atom is -0.295 e. The lowest BCUT2D eigenvalue weighted by molar-refractivity contribution is 0.0546. The van der Waals surface area contributed by atoms with Gasteiger partial charge in [-0.05, 0) is 57.9 Å². The molecule has 6 heteroatoms. The summed E-state index contributed by atoms with van der Waals surface area (Å²) in [4.78, 5) is 2.68. The first-order valence-corrected chi connectivity index (χ1v) is 9.46. The summed E-state index contributed by atoms with van der Waals surface area (Å²) >= 11 is 0. The summed E-state index contributed by atoms with van der Waals surface area (Å²) in [7, 11) is -3.49. The zero-order chi connectivity index (χ0) is 16.8. The van der Waals surface area contributed by atoms with Crippen LogP contribution in [0.15, 0.2) is 29.2 Å². The SMILES string of the molecule is CC(C)(C)N1CC2CCC(C1)N2S(=O)(=O)c1ccc(C#N)cc1. The van der Waals surface area contributed by atoms with Gasteiger partial charge in [0.1, 0.15) is 0 Å². The topological polar surface area (TPSA) is 64.4 Å². The number of piperazine rings is 1. The molecule has 0 amide bonds. The van der Waals surface area contributed by atoms with Crippen molar-refractivity contribution < 1.29 is 8.42 Å². The van der Waals surface area contributed by atoms with Crippen LogP contribution in [0, 0.1) is 11.3 Å². The van der Waals surface area contributed by atoms with Crippen LogP contribution in [0.1, 0.15) is 39.2 Å². The Kier molecular flexibility index (Phi) is 3.99. The van der Waals surface area contributed by atoms with Crippen molar-refractivity contribution in [2.24, 2.45) is 0 Å². The molecule has 1 aromatic carbocycles. The Hall–Kier alpha value is -1.42. The molecule has 0 radical (unpaired) electrons. The molecule has 2 unspecified atom stereocenters. The summed E-state index contributed by atoms with van der Waals surface area (Å²) in [6, 6.07) is 8.35. The summed E-state index contributed by atoms with van der Waals surface area (Å²) in [6.07, 6.45) is 1.85. The Bertz CT molecular complexity index is 715. The number of hydrogen-bond donors (Lipinski definition) is 0. The van der Waals surface area contributed by atoms with Crippen LogP contribution in [-0.4, -0.2) is 48.3 Å². The highest BCUT2D eigenvalue weighted by Crippen LogP contribution is 2.37. The van der Waals surface area contributed by atoms with Crippen molar-refractivity contribution in [3.63, 3.8) is 0 Å². The van der Waals surface area contributed by atoms with Crippen LogP contribution in [0.25, 0.3) is 0 Å². The van der Waals surface area contributed by atoms with Gasteiger partial charge in [0.15, 0.2) is 0 Å². The predicted octanol–water partition coefficient (Wildman–Crippen LogP) is 2.19. The van der Waals surface area contributed by atoms with E-state index in [-0.39, 0.29) is 22.5 Å². The molecular formula is C17H23N3O2S. The smallest absolute Gasteiger partial charge is 0.243 e. The molecule has 2 saturated heterocycles. The third kappa shape index (κ3) is 2.89. The van der Waals surface area contributed by atoms with Gasteiger partial charge in [-0.3, -0.25) is 4.90 Å². The number of nitrogens with zero attached hydrogens (tertiary/aromatic N) is 3. The summed E-state index contributed by atoms with van der Waals surface area (Å²) in [6.45, 7) is 8.11. The second-order valence-corrected chi connectivity index (χ2v) is 9.28. The molecule has 0 spiro atoms. The largest absolute Gasteiger partial charge is 0.295 e. The highest BCUT2D eigenvalue weighted by Gasteiger charge is 2.48. The van der Waals surface area contributed by atoms with Crippen LogP contribution < -0.4 is 0 Å². The molecule has 23 heavy (non-hydrogen) atoms. The van der Waals surface area contributed by atoms with E-state index in [1.54, 1.807) is 28.6 Å². The number of nitriles is 1. The Morgan fingerprint density at radius 1 is 1.09 bits per heavy atom. The van der Waals surface area contributed by atoms with Crippen LogP contribution in [0.2, 0.25) is 0 Å². The third-order valence-electron chi connectivity index (χ3n) is 4.92. The van der Waals surface area contributed by atoms with Gasteiger partial charge in [0.2, 0.25) is 10.0 Å². The van der Waals surface area contributed by atoms with E-state index >= 15 is 0 Å². The van der Waals surface area contributed by atoms with Crippen molar-refractivity contribution in [1.82, 2.24) is 9.21 Å². The Balaban J connectivity index is 1.89. The number of rotatable bonds is 2. The molecule has 2 heterocycles. The molecule has 0 saturated carbocycles. The van der Waals surface area contributed by atoms with E-state index in [1.165, 1.54) is 0 Å². The molecule has 0 aromatic heterocycles. The zero-order valence-electron chi connectivity index (χ0n) is 13.9. The van der Waals surface area contributed by atoms with Gasteiger partial charge in [-0.2, -0.15) is 9.57 Å². The molecule has 2 bridgehead atoms. The monoisotopic (exact) mass is 333 g/mol. The van der Waals surface area contributed by atoms with E-state index in [2.05, 4.69) is 25.7 Å². The molecule has 0 N–H and O–H groups in total. The maximum absolute atomic E-state index is 13.0. The lowest BCUT2D eigenvalue weighted by Crippen LogP contribution is -2.59. The Morgan fingerprint density at radius 3 is 2.04 bits per heavy atom. The van der Waals surface area contributed by atoms with Crippen molar-refractivity contribution in [2.75, 3.05) is 13.1 Å². The van der Waals surface area contributed by atoms with Crippen LogP contribution >= 0.6 is 0 Å². The average molecular weight is 333 g/mol. The predicted molar refractivity (Wildman–Crippen MR) is 88.3 cm³/mol. The van der Waals surface area contributed by atoms with Crippen molar-refractivity contribution in [3.8, 4) is 6.07 Å². The van der Waals surface area contributed by atoms with E-state index in [0.29, 0.717) is 5.56 Å². The molecule has 2 aliphatic rings. The van der Waals surface area contributed by atoms with Crippen LogP contribution in [0.4, 0.5) is 0 Å². The van der Waals surface area contributed by atoms with Gasteiger partial charge in [0.05, 0.1) is 16.5 Å². The van der Waals surface area contributed by atoms with Gasteiger partial charge >= 0.3 is 0 Å². The fourth-order valence-corrected chi connectivity index (χ4v) is 5.48. The van der Waals surface area contributed by atoms with Gasteiger partial charge in [0.25, 0.3) is 0 Å². The van der Waals surface area contributed by atoms with Crippen LogP contribution in [0.3, 0.4) is 0 Å². The fraction of sp³-hybridized carbons (Fsp3) is 0.588. The van der Waals surface area contributed by atoms with E-state index in [0.717, 1.165) is 25.9 Å². The fourth-order valence-electron chi connectivity index (χ4n) is 3.63. The van der Waals surface area contributed by atoms with E-state index in [9.17, 15) is 8.42 Å². The lowest BCUT2D eigenvalue weighted by Gasteiger charge is -2.45. The minimum atomic E-state index is -3.49. The maximum atomic E-state index is 13.0. The standard InChI is InChI=1S/C17H23N3O2S/c1-17(2,3)19-11-14-6-7-15(12-19)20(14)23(21,22)16-8-4-13(10-18)5-9-16/h4-5,8-9,14-15H,6-7,11-12H2,1-3H3. The average Bonchev–Trinajstić information content (AvgIpc) is 2.78. The normalized spacial score (nSPS) is 26.2. The van der Waals surface area contributed by atoms with Gasteiger partial charge in [0, 0.05) is 30.7 Å². The highest BCUT2D eigenvalue weighted by molar-refractivity contribution is 7.89. The lowest BCUT2D eigenvalue weighted by atomic mass is 10.0. The molecule has 2 fully saturated rings. The van der Waals surface area contributed by atoms with Crippen molar-refractivity contribution >= 4 is 10.0 Å². The number of sulfonamides is 1. The van der Waals surface area contributed by atoms with Crippen molar-refractivity contribution in [3.05, 3.63) is 29.8 Å². The second kappa shape index (κ2) is 5.59. The molecule has 3 rings (SSSR count). The van der Waals surface area contributed by atoms with Gasteiger partial charge < -0.3 is 0 Å².